The van der Waals surface area contributed by atoms with Gasteiger partial charge in [-0.05, 0) is 6.54 Å². The van der Waals surface area contributed by atoms with Gasteiger partial charge >= 0.3 is 0 Å². The first-order valence-corrected chi connectivity index (χ1v) is 6.94. The quantitative estimate of drug-likeness (QED) is 0.871. The Hall–Kier alpha value is -0.450. The standard InChI is InChI=1S/C12H21N3S/c1-4-15-6-5-10-11(8-15)16-12(14-10)7-13-9(2)3/h9,13H,4-8H2,1-3H3. The number of hydrogen-bond donors (Lipinski definition) is 1. The van der Waals surface area contributed by atoms with E-state index in [1.54, 1.807) is 0 Å². The maximum absolute atomic E-state index is 4.72. The Balaban J connectivity index is 2.01. The largest absolute Gasteiger partial charge is 0.308 e. The summed E-state index contributed by atoms with van der Waals surface area (Å²) in [6, 6.07) is 0.535. The molecule has 0 atom stereocenters. The van der Waals surface area contributed by atoms with Crippen LogP contribution in [0, 0.1) is 0 Å². The Morgan fingerprint density at radius 3 is 3.00 bits per heavy atom. The lowest BCUT2D eigenvalue weighted by molar-refractivity contribution is 0.269. The summed E-state index contributed by atoms with van der Waals surface area (Å²) < 4.78 is 0. The molecule has 0 saturated heterocycles. The molecule has 2 rings (SSSR count). The predicted molar refractivity (Wildman–Crippen MR) is 68.7 cm³/mol. The van der Waals surface area contributed by atoms with Gasteiger partial charge in [-0.2, -0.15) is 0 Å². The number of likely N-dealkylation sites (N-methyl/N-ethyl adjacent to an activating group) is 1. The highest BCUT2D eigenvalue weighted by molar-refractivity contribution is 7.11. The third-order valence-corrected chi connectivity index (χ3v) is 4.05. The van der Waals surface area contributed by atoms with Gasteiger partial charge in [0, 0.05) is 37.0 Å². The van der Waals surface area contributed by atoms with Crippen molar-refractivity contribution in [3.63, 3.8) is 0 Å². The summed E-state index contributed by atoms with van der Waals surface area (Å²) in [5, 5.41) is 4.68. The van der Waals surface area contributed by atoms with Crippen LogP contribution in [0.5, 0.6) is 0 Å². The topological polar surface area (TPSA) is 28.2 Å². The first kappa shape index (κ1) is 12.0. The molecule has 0 amide bonds. The van der Waals surface area contributed by atoms with Crippen LogP contribution in [0.25, 0.3) is 0 Å². The second-order valence-corrected chi connectivity index (χ2v) is 5.80. The molecule has 0 unspecified atom stereocenters. The van der Waals surface area contributed by atoms with Crippen LogP contribution in [0.1, 0.15) is 36.3 Å². The maximum atomic E-state index is 4.72. The lowest BCUT2D eigenvalue weighted by Crippen LogP contribution is -2.29. The third kappa shape index (κ3) is 2.81. The average molecular weight is 239 g/mol. The summed E-state index contributed by atoms with van der Waals surface area (Å²) in [6.07, 6.45) is 1.13. The highest BCUT2D eigenvalue weighted by Crippen LogP contribution is 2.24. The van der Waals surface area contributed by atoms with Crippen molar-refractivity contribution in [1.29, 1.82) is 0 Å². The average Bonchev–Trinajstić information content (AvgIpc) is 2.67. The molecule has 90 valence electrons. The zero-order valence-corrected chi connectivity index (χ0v) is 11.2. The van der Waals surface area contributed by atoms with E-state index in [4.69, 9.17) is 4.98 Å². The molecule has 0 spiro atoms. The van der Waals surface area contributed by atoms with E-state index in [2.05, 4.69) is 31.0 Å². The number of nitrogens with one attached hydrogen (secondary N) is 1. The summed E-state index contributed by atoms with van der Waals surface area (Å²) in [6.45, 7) is 10.9. The van der Waals surface area contributed by atoms with Crippen LogP contribution in [0.3, 0.4) is 0 Å². The summed E-state index contributed by atoms with van der Waals surface area (Å²) in [5.41, 5.74) is 1.34. The highest BCUT2D eigenvalue weighted by atomic mass is 32.1. The smallest absolute Gasteiger partial charge is 0.107 e. The molecule has 1 aliphatic heterocycles. The van der Waals surface area contributed by atoms with Crippen LogP contribution in [0.15, 0.2) is 0 Å². The number of aromatic nitrogens is 1. The van der Waals surface area contributed by atoms with Crippen molar-refractivity contribution in [1.82, 2.24) is 15.2 Å². The third-order valence-electron chi connectivity index (χ3n) is 2.96. The van der Waals surface area contributed by atoms with E-state index in [1.807, 2.05) is 11.3 Å². The fraction of sp³-hybridized carbons (Fsp3) is 0.750. The molecule has 0 radical (unpaired) electrons. The molecule has 16 heavy (non-hydrogen) atoms. The minimum Gasteiger partial charge on any atom is -0.308 e. The van der Waals surface area contributed by atoms with Crippen molar-refractivity contribution < 1.29 is 0 Å². The SMILES string of the molecule is CCN1CCc2nc(CNC(C)C)sc2C1. The van der Waals surface area contributed by atoms with Crippen molar-refractivity contribution >= 4 is 11.3 Å². The zero-order chi connectivity index (χ0) is 11.5. The second kappa shape index (κ2) is 5.25. The number of hydrogen-bond acceptors (Lipinski definition) is 4. The molecule has 3 nitrogen and oxygen atoms in total. The zero-order valence-electron chi connectivity index (χ0n) is 10.4. The van der Waals surface area contributed by atoms with Crippen LogP contribution in [-0.2, 0) is 19.5 Å². The molecule has 0 saturated carbocycles. The maximum Gasteiger partial charge on any atom is 0.107 e. The van der Waals surface area contributed by atoms with Crippen LogP contribution < -0.4 is 5.32 Å². The van der Waals surface area contributed by atoms with Crippen LogP contribution in [0.2, 0.25) is 0 Å². The minimum absolute atomic E-state index is 0.535. The Bertz CT molecular complexity index is 346. The van der Waals surface area contributed by atoms with Gasteiger partial charge < -0.3 is 5.32 Å². The summed E-state index contributed by atoms with van der Waals surface area (Å²) in [7, 11) is 0. The van der Waals surface area contributed by atoms with Gasteiger partial charge in [0.25, 0.3) is 0 Å². The second-order valence-electron chi connectivity index (χ2n) is 4.63. The molecule has 1 N–H and O–H groups in total. The van der Waals surface area contributed by atoms with Crippen molar-refractivity contribution in [2.24, 2.45) is 0 Å². The predicted octanol–water partition coefficient (Wildman–Crippen LogP) is 2.02. The normalized spacial score (nSPS) is 16.8. The van der Waals surface area contributed by atoms with Gasteiger partial charge in [0.1, 0.15) is 5.01 Å². The molecule has 2 heterocycles. The fourth-order valence-electron chi connectivity index (χ4n) is 1.94. The van der Waals surface area contributed by atoms with Gasteiger partial charge in [0.2, 0.25) is 0 Å². The molecule has 1 aliphatic rings. The summed E-state index contributed by atoms with van der Waals surface area (Å²) in [4.78, 5) is 8.69. The Labute approximate surface area is 102 Å². The minimum atomic E-state index is 0.535. The van der Waals surface area contributed by atoms with E-state index in [1.165, 1.54) is 22.1 Å². The molecular weight excluding hydrogens is 218 g/mol. The van der Waals surface area contributed by atoms with Gasteiger partial charge in [-0.25, -0.2) is 4.98 Å². The lowest BCUT2D eigenvalue weighted by atomic mass is 10.2. The van der Waals surface area contributed by atoms with Crippen molar-refractivity contribution in [3.8, 4) is 0 Å². The number of nitrogens with zero attached hydrogens (tertiary/aromatic N) is 2. The van der Waals surface area contributed by atoms with Gasteiger partial charge in [-0.1, -0.05) is 20.8 Å². The Morgan fingerprint density at radius 1 is 1.50 bits per heavy atom. The molecule has 4 heteroatoms. The first-order valence-electron chi connectivity index (χ1n) is 6.12. The molecule has 0 aromatic carbocycles. The van der Waals surface area contributed by atoms with E-state index in [0.717, 1.165) is 26.1 Å². The fourth-order valence-corrected chi connectivity index (χ4v) is 3.05. The number of fused-ring (bicyclic) bond motifs is 1. The van der Waals surface area contributed by atoms with Gasteiger partial charge in [0.05, 0.1) is 5.69 Å². The van der Waals surface area contributed by atoms with Gasteiger partial charge in [0.15, 0.2) is 0 Å². The van der Waals surface area contributed by atoms with E-state index in [9.17, 15) is 0 Å². The van der Waals surface area contributed by atoms with Crippen LogP contribution in [-0.4, -0.2) is 29.0 Å². The first-order chi connectivity index (χ1) is 7.69. The van der Waals surface area contributed by atoms with E-state index in [0.29, 0.717) is 6.04 Å². The molecule has 1 aromatic heterocycles. The molecule has 1 aromatic rings. The molecule has 0 bridgehead atoms. The van der Waals surface area contributed by atoms with Crippen LogP contribution >= 0.6 is 11.3 Å². The Kier molecular flexibility index (Phi) is 3.95. The highest BCUT2D eigenvalue weighted by Gasteiger charge is 2.19. The summed E-state index contributed by atoms with van der Waals surface area (Å²) >= 11 is 1.88. The van der Waals surface area contributed by atoms with E-state index >= 15 is 0 Å². The van der Waals surface area contributed by atoms with Crippen molar-refractivity contribution in [2.45, 2.75) is 46.3 Å². The molecule has 0 fully saturated rings. The summed E-state index contributed by atoms with van der Waals surface area (Å²) in [5.74, 6) is 0. The van der Waals surface area contributed by atoms with E-state index < -0.39 is 0 Å². The monoisotopic (exact) mass is 239 g/mol. The molecule has 0 aliphatic carbocycles. The van der Waals surface area contributed by atoms with E-state index in [-0.39, 0.29) is 0 Å². The van der Waals surface area contributed by atoms with Crippen molar-refractivity contribution in [2.75, 3.05) is 13.1 Å². The van der Waals surface area contributed by atoms with Gasteiger partial charge in [-0.3, -0.25) is 4.90 Å². The van der Waals surface area contributed by atoms with Crippen LogP contribution in [0.4, 0.5) is 0 Å². The van der Waals surface area contributed by atoms with Crippen molar-refractivity contribution in [3.05, 3.63) is 15.6 Å². The number of thiazole rings is 1. The van der Waals surface area contributed by atoms with Gasteiger partial charge in [-0.15, -0.1) is 11.3 Å². The number of rotatable bonds is 4. The lowest BCUT2D eigenvalue weighted by Gasteiger charge is -2.23. The Morgan fingerprint density at radius 2 is 2.31 bits per heavy atom. The molecular formula is C12H21N3S.